The molecule has 0 saturated heterocycles. The number of hydrogen-bond acceptors (Lipinski definition) is 7. The lowest BCUT2D eigenvalue weighted by Gasteiger charge is -2.11. The Hall–Kier alpha value is -2.96. The van der Waals surface area contributed by atoms with Gasteiger partial charge in [0.15, 0.2) is 6.61 Å². The molecule has 0 aliphatic carbocycles. The van der Waals surface area contributed by atoms with Crippen LogP contribution in [0.3, 0.4) is 0 Å². The molecule has 2 heterocycles. The zero-order chi connectivity index (χ0) is 16.4. The maximum Gasteiger partial charge on any atom is 0.344 e. The summed E-state index contributed by atoms with van der Waals surface area (Å²) in [5, 5.41) is 1.15. The Kier molecular flexibility index (Phi) is 3.92. The van der Waals surface area contributed by atoms with Crippen molar-refractivity contribution in [2.75, 3.05) is 20.3 Å². The van der Waals surface area contributed by atoms with Crippen LogP contribution in [0.1, 0.15) is 6.92 Å². The van der Waals surface area contributed by atoms with E-state index in [-0.39, 0.29) is 24.5 Å². The van der Waals surface area contributed by atoms with Gasteiger partial charge in [-0.1, -0.05) is 0 Å². The standard InChI is InChI=1S/C16H14O7/c1-3-20-14(18)8-22-11-7-13(17)23-12-6-10-9(4-5-21-10)16(19-2)15(11)12/h4-7H,3,8H2,1-2H3. The second-order valence-corrected chi connectivity index (χ2v) is 4.64. The molecule has 23 heavy (non-hydrogen) atoms. The summed E-state index contributed by atoms with van der Waals surface area (Å²) in [5.41, 5.74) is 0.153. The lowest BCUT2D eigenvalue weighted by molar-refractivity contribution is -0.145. The van der Waals surface area contributed by atoms with Crippen LogP contribution in [-0.4, -0.2) is 26.3 Å². The Labute approximate surface area is 130 Å². The first-order chi connectivity index (χ1) is 11.1. The number of ether oxygens (including phenoxy) is 3. The molecule has 0 fully saturated rings. The van der Waals surface area contributed by atoms with E-state index < -0.39 is 11.6 Å². The molecular weight excluding hydrogens is 304 g/mol. The lowest BCUT2D eigenvalue weighted by Crippen LogP contribution is -2.15. The van der Waals surface area contributed by atoms with Gasteiger partial charge in [-0.15, -0.1) is 0 Å². The molecule has 1 aromatic carbocycles. The number of methoxy groups -OCH3 is 1. The van der Waals surface area contributed by atoms with Gasteiger partial charge >= 0.3 is 11.6 Å². The molecule has 3 rings (SSSR count). The van der Waals surface area contributed by atoms with Gasteiger partial charge in [-0.2, -0.15) is 0 Å². The van der Waals surface area contributed by atoms with Gasteiger partial charge in [0.25, 0.3) is 0 Å². The Balaban J connectivity index is 2.16. The molecule has 0 radical (unpaired) electrons. The van der Waals surface area contributed by atoms with Gasteiger partial charge in [0.2, 0.25) is 0 Å². The quantitative estimate of drug-likeness (QED) is 0.527. The first-order valence-corrected chi connectivity index (χ1v) is 6.94. The minimum Gasteiger partial charge on any atom is -0.495 e. The zero-order valence-corrected chi connectivity index (χ0v) is 12.6. The van der Waals surface area contributed by atoms with Crippen molar-refractivity contribution in [2.45, 2.75) is 6.92 Å². The smallest absolute Gasteiger partial charge is 0.344 e. The first-order valence-electron chi connectivity index (χ1n) is 6.94. The van der Waals surface area contributed by atoms with Gasteiger partial charge < -0.3 is 23.0 Å². The van der Waals surface area contributed by atoms with E-state index in [1.165, 1.54) is 13.4 Å². The van der Waals surface area contributed by atoms with Crippen molar-refractivity contribution in [2.24, 2.45) is 0 Å². The summed E-state index contributed by atoms with van der Waals surface area (Å²) in [4.78, 5) is 23.2. The van der Waals surface area contributed by atoms with Crippen LogP contribution in [0, 0.1) is 0 Å². The predicted octanol–water partition coefficient (Wildman–Crippen LogP) is 2.49. The van der Waals surface area contributed by atoms with Gasteiger partial charge in [-0.3, -0.25) is 0 Å². The summed E-state index contributed by atoms with van der Waals surface area (Å²) in [6.45, 7) is 1.63. The average molecular weight is 318 g/mol. The number of furan rings is 1. The summed E-state index contributed by atoms with van der Waals surface area (Å²) in [5.74, 6) is 0.0929. The predicted molar refractivity (Wildman–Crippen MR) is 80.9 cm³/mol. The highest BCUT2D eigenvalue weighted by atomic mass is 16.6. The van der Waals surface area contributed by atoms with Gasteiger partial charge in [-0.25, -0.2) is 9.59 Å². The summed E-state index contributed by atoms with van der Waals surface area (Å²) in [7, 11) is 1.49. The minimum absolute atomic E-state index is 0.184. The van der Waals surface area contributed by atoms with Crippen LogP contribution >= 0.6 is 0 Å². The monoisotopic (exact) mass is 318 g/mol. The minimum atomic E-state index is -0.607. The summed E-state index contributed by atoms with van der Waals surface area (Å²) in [6.07, 6.45) is 1.50. The topological polar surface area (TPSA) is 88.1 Å². The highest BCUT2D eigenvalue weighted by Crippen LogP contribution is 2.39. The molecular formula is C16H14O7. The van der Waals surface area contributed by atoms with Crippen LogP contribution in [0.5, 0.6) is 11.5 Å². The molecule has 0 atom stereocenters. The van der Waals surface area contributed by atoms with Crippen LogP contribution in [0.4, 0.5) is 0 Å². The number of carbonyl (C=O) groups excluding carboxylic acids is 1. The molecule has 0 unspecified atom stereocenters. The molecule has 0 aliphatic heterocycles. The zero-order valence-electron chi connectivity index (χ0n) is 12.6. The molecule has 120 valence electrons. The van der Waals surface area contributed by atoms with Crippen molar-refractivity contribution in [3.05, 3.63) is 34.9 Å². The highest BCUT2D eigenvalue weighted by molar-refractivity contribution is 6.03. The number of fused-ring (bicyclic) bond motifs is 2. The van der Waals surface area contributed by atoms with Crippen molar-refractivity contribution in [3.8, 4) is 11.5 Å². The van der Waals surface area contributed by atoms with Crippen LogP contribution in [0.15, 0.2) is 38.1 Å². The number of esters is 1. The number of carbonyl (C=O) groups is 1. The SMILES string of the molecule is CCOC(=O)COc1cc(=O)oc2cc3occc3c(OC)c12. The molecule has 0 aliphatic rings. The molecule has 3 aromatic rings. The first kappa shape index (κ1) is 15.0. The Morgan fingerprint density at radius 2 is 2.09 bits per heavy atom. The molecule has 0 amide bonds. The van der Waals surface area contributed by atoms with Crippen LogP contribution in [-0.2, 0) is 9.53 Å². The molecule has 2 aromatic heterocycles. The van der Waals surface area contributed by atoms with Crippen molar-refractivity contribution in [1.29, 1.82) is 0 Å². The number of rotatable bonds is 5. The largest absolute Gasteiger partial charge is 0.495 e. The third kappa shape index (κ3) is 2.73. The fourth-order valence-electron chi connectivity index (χ4n) is 2.35. The van der Waals surface area contributed by atoms with Gasteiger partial charge in [0.1, 0.15) is 28.1 Å². The summed E-state index contributed by atoms with van der Waals surface area (Å²) >= 11 is 0. The highest BCUT2D eigenvalue weighted by Gasteiger charge is 2.18. The van der Waals surface area contributed by atoms with E-state index in [1.54, 1.807) is 19.1 Å². The summed E-state index contributed by atoms with van der Waals surface area (Å²) in [6, 6.07) is 4.47. The molecule has 0 spiro atoms. The molecule has 0 saturated carbocycles. The second-order valence-electron chi connectivity index (χ2n) is 4.64. The maximum atomic E-state index is 11.7. The van der Waals surface area contributed by atoms with Crippen LogP contribution in [0.2, 0.25) is 0 Å². The van der Waals surface area contributed by atoms with Gasteiger partial charge in [0.05, 0.1) is 31.4 Å². The third-order valence-corrected chi connectivity index (χ3v) is 3.24. The van der Waals surface area contributed by atoms with E-state index in [0.29, 0.717) is 22.1 Å². The van der Waals surface area contributed by atoms with E-state index in [9.17, 15) is 9.59 Å². The molecule has 0 N–H and O–H groups in total. The van der Waals surface area contributed by atoms with Crippen LogP contribution < -0.4 is 15.1 Å². The fourth-order valence-corrected chi connectivity index (χ4v) is 2.35. The van der Waals surface area contributed by atoms with Gasteiger partial charge in [0, 0.05) is 6.07 Å². The maximum absolute atomic E-state index is 11.7. The Morgan fingerprint density at radius 1 is 1.26 bits per heavy atom. The van der Waals surface area contributed by atoms with Crippen molar-refractivity contribution >= 4 is 27.9 Å². The lowest BCUT2D eigenvalue weighted by atomic mass is 10.1. The normalized spacial score (nSPS) is 10.9. The van der Waals surface area contributed by atoms with Crippen molar-refractivity contribution in [1.82, 2.24) is 0 Å². The Bertz CT molecular complexity index is 919. The second kappa shape index (κ2) is 6.04. The van der Waals surface area contributed by atoms with Crippen molar-refractivity contribution < 1.29 is 27.8 Å². The number of hydrogen-bond donors (Lipinski definition) is 0. The molecule has 7 heteroatoms. The van der Waals surface area contributed by atoms with Gasteiger partial charge in [-0.05, 0) is 13.0 Å². The average Bonchev–Trinajstić information content (AvgIpc) is 2.98. The summed E-state index contributed by atoms with van der Waals surface area (Å²) < 4.78 is 26.2. The third-order valence-electron chi connectivity index (χ3n) is 3.24. The van der Waals surface area contributed by atoms with Crippen molar-refractivity contribution in [3.63, 3.8) is 0 Å². The fraction of sp³-hybridized carbons (Fsp3) is 0.250. The molecule has 7 nitrogen and oxygen atoms in total. The molecule has 0 bridgehead atoms. The van der Waals surface area contributed by atoms with Crippen LogP contribution in [0.25, 0.3) is 21.9 Å². The van der Waals surface area contributed by atoms with E-state index in [0.717, 1.165) is 6.07 Å². The van der Waals surface area contributed by atoms with E-state index in [1.807, 2.05) is 0 Å². The Morgan fingerprint density at radius 3 is 2.83 bits per heavy atom. The van der Waals surface area contributed by atoms with E-state index >= 15 is 0 Å². The van der Waals surface area contributed by atoms with E-state index in [2.05, 4.69) is 0 Å². The number of benzene rings is 1. The van der Waals surface area contributed by atoms with E-state index in [4.69, 9.17) is 23.0 Å².